The topological polar surface area (TPSA) is 39.8 Å². The number of benzene rings is 1. The molecule has 1 aromatic heterocycles. The van der Waals surface area contributed by atoms with Crippen molar-refractivity contribution >= 4 is 0 Å². The summed E-state index contributed by atoms with van der Waals surface area (Å²) < 4.78 is 38.9. The van der Waals surface area contributed by atoms with Crippen LogP contribution in [0.2, 0.25) is 0 Å². The molecule has 4 nitrogen and oxygen atoms in total. The lowest BCUT2D eigenvalue weighted by Gasteiger charge is -2.02. The van der Waals surface area contributed by atoms with Crippen molar-refractivity contribution in [2.24, 2.45) is 7.05 Å². The monoisotopic (exact) mass is 257 g/mol. The standard InChI is InChI=1S/C11H10F3N3O/c1-16-9(11(12,13)14)15-17(10(16)18)7-8-5-3-2-4-6-8/h2-6H,7H2,1H3. The van der Waals surface area contributed by atoms with Crippen molar-refractivity contribution in [3.05, 3.63) is 52.2 Å². The van der Waals surface area contributed by atoms with Crippen molar-refractivity contribution in [1.29, 1.82) is 0 Å². The van der Waals surface area contributed by atoms with Crippen LogP contribution in [0.25, 0.3) is 0 Å². The number of nitrogens with zero attached hydrogens (tertiary/aromatic N) is 3. The average Bonchev–Trinajstić information content (AvgIpc) is 2.58. The molecule has 0 aliphatic heterocycles. The Morgan fingerprint density at radius 2 is 1.83 bits per heavy atom. The summed E-state index contributed by atoms with van der Waals surface area (Å²) in [6.45, 7) is 0.0175. The highest BCUT2D eigenvalue weighted by Gasteiger charge is 2.37. The number of alkyl halides is 3. The quantitative estimate of drug-likeness (QED) is 0.820. The molecular formula is C11H10F3N3O. The fraction of sp³-hybridized carbons (Fsp3) is 0.273. The molecule has 0 atom stereocenters. The SMILES string of the molecule is Cn1c(C(F)(F)F)nn(Cc2ccccc2)c1=O. The van der Waals surface area contributed by atoms with Gasteiger partial charge in [0.25, 0.3) is 0 Å². The van der Waals surface area contributed by atoms with Gasteiger partial charge in [-0.25, -0.2) is 9.48 Å². The maximum absolute atomic E-state index is 12.5. The molecule has 0 saturated heterocycles. The van der Waals surface area contributed by atoms with Crippen LogP contribution in [0.3, 0.4) is 0 Å². The van der Waals surface area contributed by atoms with E-state index in [0.29, 0.717) is 10.1 Å². The van der Waals surface area contributed by atoms with E-state index in [9.17, 15) is 18.0 Å². The van der Waals surface area contributed by atoms with E-state index in [4.69, 9.17) is 0 Å². The first-order valence-electron chi connectivity index (χ1n) is 5.14. The minimum Gasteiger partial charge on any atom is -0.274 e. The first-order valence-corrected chi connectivity index (χ1v) is 5.14. The van der Waals surface area contributed by atoms with Crippen LogP contribution in [0.5, 0.6) is 0 Å². The lowest BCUT2D eigenvalue weighted by molar-refractivity contribution is -0.147. The maximum Gasteiger partial charge on any atom is 0.451 e. The molecule has 0 radical (unpaired) electrons. The Morgan fingerprint density at radius 3 is 2.33 bits per heavy atom. The van der Waals surface area contributed by atoms with Crippen LogP contribution in [-0.4, -0.2) is 14.3 Å². The molecule has 0 spiro atoms. The van der Waals surface area contributed by atoms with E-state index in [-0.39, 0.29) is 6.54 Å². The summed E-state index contributed by atoms with van der Waals surface area (Å²) in [5, 5.41) is 3.32. The molecule has 0 unspecified atom stereocenters. The van der Waals surface area contributed by atoms with Gasteiger partial charge in [-0.1, -0.05) is 30.3 Å². The van der Waals surface area contributed by atoms with Crippen LogP contribution >= 0.6 is 0 Å². The van der Waals surface area contributed by atoms with Gasteiger partial charge < -0.3 is 0 Å². The van der Waals surface area contributed by atoms with Crippen molar-refractivity contribution in [2.45, 2.75) is 12.7 Å². The Balaban J connectivity index is 2.39. The fourth-order valence-corrected chi connectivity index (χ4v) is 1.59. The third-order valence-corrected chi connectivity index (χ3v) is 2.47. The van der Waals surface area contributed by atoms with Gasteiger partial charge >= 0.3 is 11.9 Å². The van der Waals surface area contributed by atoms with Crippen molar-refractivity contribution < 1.29 is 13.2 Å². The summed E-state index contributed by atoms with van der Waals surface area (Å²) in [7, 11) is 1.06. The summed E-state index contributed by atoms with van der Waals surface area (Å²) in [6, 6.07) is 8.70. The molecule has 0 bridgehead atoms. The van der Waals surface area contributed by atoms with E-state index in [2.05, 4.69) is 5.10 Å². The average molecular weight is 257 g/mol. The van der Waals surface area contributed by atoms with Gasteiger partial charge in [-0.2, -0.15) is 13.2 Å². The van der Waals surface area contributed by atoms with Crippen molar-refractivity contribution in [1.82, 2.24) is 14.3 Å². The van der Waals surface area contributed by atoms with Gasteiger partial charge in [-0.05, 0) is 5.56 Å². The fourth-order valence-electron chi connectivity index (χ4n) is 1.59. The molecule has 0 fully saturated rings. The van der Waals surface area contributed by atoms with Crippen LogP contribution < -0.4 is 5.69 Å². The first-order chi connectivity index (χ1) is 8.39. The highest BCUT2D eigenvalue weighted by molar-refractivity contribution is 5.14. The Labute approximate surface area is 100 Å². The lowest BCUT2D eigenvalue weighted by Crippen LogP contribution is -2.24. The largest absolute Gasteiger partial charge is 0.451 e. The van der Waals surface area contributed by atoms with Crippen molar-refractivity contribution in [3.63, 3.8) is 0 Å². The Kier molecular flexibility index (Phi) is 2.98. The van der Waals surface area contributed by atoms with E-state index in [0.717, 1.165) is 11.7 Å². The molecule has 0 saturated carbocycles. The third kappa shape index (κ3) is 2.29. The summed E-state index contributed by atoms with van der Waals surface area (Å²) >= 11 is 0. The molecule has 0 amide bonds. The Hall–Kier alpha value is -2.05. The van der Waals surface area contributed by atoms with E-state index in [1.54, 1.807) is 30.3 Å². The van der Waals surface area contributed by atoms with Crippen molar-refractivity contribution in [2.75, 3.05) is 0 Å². The Bertz CT molecular complexity index is 598. The van der Waals surface area contributed by atoms with Gasteiger partial charge in [0, 0.05) is 7.05 Å². The van der Waals surface area contributed by atoms with Gasteiger partial charge in [0.05, 0.1) is 6.54 Å². The predicted molar refractivity (Wildman–Crippen MR) is 58.0 cm³/mol. The Morgan fingerprint density at radius 1 is 1.22 bits per heavy atom. The minimum atomic E-state index is -4.63. The predicted octanol–water partition coefficient (Wildman–Crippen LogP) is 1.65. The lowest BCUT2D eigenvalue weighted by atomic mass is 10.2. The van der Waals surface area contributed by atoms with E-state index < -0.39 is 17.7 Å². The van der Waals surface area contributed by atoms with Crippen LogP contribution in [0.1, 0.15) is 11.4 Å². The van der Waals surface area contributed by atoms with Gasteiger partial charge in [-0.3, -0.25) is 4.57 Å². The summed E-state index contributed by atoms with van der Waals surface area (Å²) in [6.07, 6.45) is -4.63. The smallest absolute Gasteiger partial charge is 0.274 e. The van der Waals surface area contributed by atoms with Crippen LogP contribution in [-0.2, 0) is 19.8 Å². The normalized spacial score (nSPS) is 11.8. The number of halogens is 3. The summed E-state index contributed by atoms with van der Waals surface area (Å²) in [5.41, 5.74) is -0.0717. The maximum atomic E-state index is 12.5. The molecule has 7 heteroatoms. The van der Waals surface area contributed by atoms with E-state index in [1.165, 1.54) is 0 Å². The molecule has 2 rings (SSSR count). The minimum absolute atomic E-state index is 0.0175. The summed E-state index contributed by atoms with van der Waals surface area (Å²) in [5.74, 6) is -1.19. The molecule has 2 aromatic rings. The zero-order valence-electron chi connectivity index (χ0n) is 9.48. The molecule has 0 N–H and O–H groups in total. The zero-order valence-corrected chi connectivity index (χ0v) is 9.48. The third-order valence-electron chi connectivity index (χ3n) is 2.47. The number of aromatic nitrogens is 3. The van der Waals surface area contributed by atoms with Gasteiger partial charge in [-0.15, -0.1) is 5.10 Å². The highest BCUT2D eigenvalue weighted by atomic mass is 19.4. The molecule has 18 heavy (non-hydrogen) atoms. The second-order valence-electron chi connectivity index (χ2n) is 3.81. The summed E-state index contributed by atoms with van der Waals surface area (Å²) in [4.78, 5) is 11.6. The molecule has 0 aliphatic rings. The van der Waals surface area contributed by atoms with Gasteiger partial charge in [0.15, 0.2) is 0 Å². The molecule has 96 valence electrons. The number of hydrogen-bond donors (Lipinski definition) is 0. The van der Waals surface area contributed by atoms with Crippen LogP contribution in [0.15, 0.2) is 35.1 Å². The molecular weight excluding hydrogens is 247 g/mol. The molecule has 1 heterocycles. The van der Waals surface area contributed by atoms with Crippen LogP contribution in [0, 0.1) is 0 Å². The number of rotatable bonds is 2. The molecule has 0 aliphatic carbocycles. The second kappa shape index (κ2) is 4.32. The first kappa shape index (κ1) is 12.4. The second-order valence-corrected chi connectivity index (χ2v) is 3.81. The van der Waals surface area contributed by atoms with Crippen molar-refractivity contribution in [3.8, 4) is 0 Å². The zero-order chi connectivity index (χ0) is 13.3. The van der Waals surface area contributed by atoms with E-state index >= 15 is 0 Å². The number of hydrogen-bond acceptors (Lipinski definition) is 2. The van der Waals surface area contributed by atoms with E-state index in [1.807, 2.05) is 0 Å². The highest BCUT2D eigenvalue weighted by Crippen LogP contribution is 2.26. The van der Waals surface area contributed by atoms with Gasteiger partial charge in [0.1, 0.15) is 0 Å². The van der Waals surface area contributed by atoms with Crippen LogP contribution in [0.4, 0.5) is 13.2 Å². The van der Waals surface area contributed by atoms with Gasteiger partial charge in [0.2, 0.25) is 5.82 Å². The molecule has 1 aromatic carbocycles.